The van der Waals surface area contributed by atoms with Crippen LogP contribution in [0.5, 0.6) is 0 Å². The number of likely N-dealkylation sites (tertiary alicyclic amines) is 1. The molecule has 0 aliphatic carbocycles. The third-order valence-corrected chi connectivity index (χ3v) is 5.70. The van der Waals surface area contributed by atoms with E-state index in [9.17, 15) is 4.79 Å². The summed E-state index contributed by atoms with van der Waals surface area (Å²) in [6, 6.07) is 10.3. The summed E-state index contributed by atoms with van der Waals surface area (Å²) in [4.78, 5) is 19.4. The lowest BCUT2D eigenvalue weighted by atomic mass is 10.1. The molecule has 1 saturated heterocycles. The number of rotatable bonds is 7. The van der Waals surface area contributed by atoms with Gasteiger partial charge in [0.2, 0.25) is 11.1 Å². The molecule has 27 heavy (non-hydrogen) atoms. The fourth-order valence-electron chi connectivity index (χ4n) is 3.29. The molecule has 2 heterocycles. The molecule has 0 radical (unpaired) electrons. The highest BCUT2D eigenvalue weighted by molar-refractivity contribution is 7.99. The summed E-state index contributed by atoms with van der Waals surface area (Å²) in [7, 11) is 0. The molecule has 6 nitrogen and oxygen atoms in total. The monoisotopic (exact) mass is 387 g/mol. The van der Waals surface area contributed by atoms with Gasteiger partial charge < -0.3 is 10.2 Å². The summed E-state index contributed by atoms with van der Waals surface area (Å²) in [5.41, 5.74) is 0.993. The van der Waals surface area contributed by atoms with Gasteiger partial charge in [0.1, 0.15) is 5.82 Å². The third kappa shape index (κ3) is 5.32. The Hall–Kier alpha value is -1.86. The minimum atomic E-state index is 0.0668. The maximum atomic E-state index is 12.3. The minimum Gasteiger partial charge on any atom is -0.353 e. The number of hydrogen-bond acceptors (Lipinski definition) is 5. The average Bonchev–Trinajstić information content (AvgIpc) is 3.12. The van der Waals surface area contributed by atoms with E-state index >= 15 is 0 Å². The summed E-state index contributed by atoms with van der Waals surface area (Å²) >= 11 is 1.40. The van der Waals surface area contributed by atoms with Crippen molar-refractivity contribution in [2.24, 2.45) is 0 Å². The number of carbonyl (C=O) groups is 1. The molecular formula is C20H29N5OS. The lowest BCUT2D eigenvalue weighted by Gasteiger charge is -2.31. The number of amides is 1. The van der Waals surface area contributed by atoms with Crippen molar-refractivity contribution < 1.29 is 4.79 Å². The predicted octanol–water partition coefficient (Wildman–Crippen LogP) is 3.08. The second-order valence-electron chi connectivity index (χ2n) is 7.22. The first-order valence-corrected chi connectivity index (χ1v) is 10.7. The van der Waals surface area contributed by atoms with E-state index in [0.29, 0.717) is 17.0 Å². The van der Waals surface area contributed by atoms with E-state index in [2.05, 4.69) is 41.1 Å². The van der Waals surface area contributed by atoms with E-state index in [-0.39, 0.29) is 11.8 Å². The Balaban J connectivity index is 1.57. The van der Waals surface area contributed by atoms with Crippen LogP contribution in [0.2, 0.25) is 0 Å². The van der Waals surface area contributed by atoms with Gasteiger partial charge in [0, 0.05) is 25.0 Å². The van der Waals surface area contributed by atoms with E-state index in [1.54, 1.807) is 0 Å². The molecule has 1 aliphatic rings. The Labute approximate surface area is 165 Å². The van der Waals surface area contributed by atoms with Crippen LogP contribution in [0.15, 0.2) is 35.5 Å². The summed E-state index contributed by atoms with van der Waals surface area (Å²) in [6.45, 7) is 9.61. The number of hydrogen-bond donors (Lipinski definition) is 1. The molecule has 0 spiro atoms. The fraction of sp³-hybridized carbons (Fsp3) is 0.550. The van der Waals surface area contributed by atoms with E-state index in [1.165, 1.54) is 11.8 Å². The predicted molar refractivity (Wildman–Crippen MR) is 109 cm³/mol. The van der Waals surface area contributed by atoms with Crippen molar-refractivity contribution in [3.63, 3.8) is 0 Å². The van der Waals surface area contributed by atoms with Crippen LogP contribution in [0, 0.1) is 0 Å². The standard InChI is InChI=1S/C20H29N5OS/c1-4-24-12-10-16(11-13-24)21-18(26)14-27-20-22-19(15(2)3)25(23-20)17-8-6-5-7-9-17/h5-9,15-16H,4,10-14H2,1-3H3,(H,21,26). The Kier molecular flexibility index (Phi) is 6.90. The van der Waals surface area contributed by atoms with Crippen molar-refractivity contribution in [3.05, 3.63) is 36.2 Å². The van der Waals surface area contributed by atoms with Crippen LogP contribution in [0.25, 0.3) is 5.69 Å². The van der Waals surface area contributed by atoms with Crippen molar-refractivity contribution in [3.8, 4) is 5.69 Å². The van der Waals surface area contributed by atoms with Crippen LogP contribution in [-0.4, -0.2) is 57.0 Å². The topological polar surface area (TPSA) is 63.1 Å². The summed E-state index contributed by atoms with van der Waals surface area (Å²) < 4.78 is 1.88. The van der Waals surface area contributed by atoms with Gasteiger partial charge in [0.05, 0.1) is 11.4 Å². The highest BCUT2D eigenvalue weighted by Gasteiger charge is 2.20. The molecule has 1 fully saturated rings. The van der Waals surface area contributed by atoms with Crippen LogP contribution in [0.3, 0.4) is 0 Å². The summed E-state index contributed by atoms with van der Waals surface area (Å²) in [5.74, 6) is 1.59. The molecule has 0 unspecified atom stereocenters. The highest BCUT2D eigenvalue weighted by atomic mass is 32.2. The molecule has 7 heteroatoms. The van der Waals surface area contributed by atoms with Gasteiger partial charge in [-0.05, 0) is 31.5 Å². The van der Waals surface area contributed by atoms with Crippen molar-refractivity contribution in [1.82, 2.24) is 25.0 Å². The maximum Gasteiger partial charge on any atom is 0.230 e. The van der Waals surface area contributed by atoms with Crippen molar-refractivity contribution in [2.75, 3.05) is 25.4 Å². The minimum absolute atomic E-state index is 0.0668. The number of piperidine rings is 1. The Morgan fingerprint density at radius 1 is 1.26 bits per heavy atom. The van der Waals surface area contributed by atoms with E-state index in [4.69, 9.17) is 0 Å². The smallest absolute Gasteiger partial charge is 0.230 e. The number of thioether (sulfide) groups is 1. The second kappa shape index (κ2) is 9.37. The summed E-state index contributed by atoms with van der Waals surface area (Å²) in [5, 5.41) is 8.44. The molecule has 0 saturated carbocycles. The molecule has 2 aromatic rings. The quantitative estimate of drug-likeness (QED) is 0.740. The molecule has 0 atom stereocenters. The average molecular weight is 388 g/mol. The maximum absolute atomic E-state index is 12.3. The molecule has 1 aliphatic heterocycles. The Morgan fingerprint density at radius 2 is 1.96 bits per heavy atom. The molecular weight excluding hydrogens is 358 g/mol. The molecule has 1 N–H and O–H groups in total. The fourth-order valence-corrected chi connectivity index (χ4v) is 3.93. The SMILES string of the molecule is CCN1CCC(NC(=O)CSc2nc(C(C)C)n(-c3ccccc3)n2)CC1. The van der Waals surface area contributed by atoms with Gasteiger partial charge in [-0.1, -0.05) is 50.7 Å². The van der Waals surface area contributed by atoms with Crippen LogP contribution in [0.4, 0.5) is 0 Å². The Morgan fingerprint density at radius 3 is 2.59 bits per heavy atom. The number of carbonyl (C=O) groups excluding carboxylic acids is 1. The number of benzene rings is 1. The Bertz CT molecular complexity index is 738. The normalized spacial score (nSPS) is 16.0. The van der Waals surface area contributed by atoms with Crippen LogP contribution in [0.1, 0.15) is 45.4 Å². The van der Waals surface area contributed by atoms with Gasteiger partial charge in [-0.15, -0.1) is 5.10 Å². The third-order valence-electron chi connectivity index (χ3n) is 4.86. The lowest BCUT2D eigenvalue weighted by Crippen LogP contribution is -2.45. The molecule has 1 aromatic carbocycles. The van der Waals surface area contributed by atoms with E-state index in [1.807, 2.05) is 35.0 Å². The van der Waals surface area contributed by atoms with Crippen LogP contribution >= 0.6 is 11.8 Å². The highest BCUT2D eigenvalue weighted by Crippen LogP contribution is 2.22. The van der Waals surface area contributed by atoms with Gasteiger partial charge in [0.25, 0.3) is 0 Å². The van der Waals surface area contributed by atoms with Crippen molar-refractivity contribution in [2.45, 2.75) is 50.7 Å². The largest absolute Gasteiger partial charge is 0.353 e. The van der Waals surface area contributed by atoms with Gasteiger partial charge in [0.15, 0.2) is 0 Å². The van der Waals surface area contributed by atoms with Gasteiger partial charge in [-0.25, -0.2) is 9.67 Å². The zero-order valence-electron chi connectivity index (χ0n) is 16.4. The molecule has 0 bridgehead atoms. The zero-order valence-corrected chi connectivity index (χ0v) is 17.2. The van der Waals surface area contributed by atoms with E-state index in [0.717, 1.165) is 44.0 Å². The van der Waals surface area contributed by atoms with Crippen LogP contribution < -0.4 is 5.32 Å². The first-order valence-electron chi connectivity index (χ1n) is 9.73. The molecule has 1 amide bonds. The zero-order chi connectivity index (χ0) is 19.2. The van der Waals surface area contributed by atoms with Gasteiger partial charge >= 0.3 is 0 Å². The first-order chi connectivity index (χ1) is 13.1. The van der Waals surface area contributed by atoms with Gasteiger partial charge in [-0.2, -0.15) is 0 Å². The van der Waals surface area contributed by atoms with Crippen molar-refractivity contribution in [1.29, 1.82) is 0 Å². The van der Waals surface area contributed by atoms with Crippen molar-refractivity contribution >= 4 is 17.7 Å². The number of aromatic nitrogens is 3. The number of nitrogens with one attached hydrogen (secondary N) is 1. The summed E-state index contributed by atoms with van der Waals surface area (Å²) in [6.07, 6.45) is 2.06. The molecule has 146 valence electrons. The van der Waals surface area contributed by atoms with Gasteiger partial charge in [-0.3, -0.25) is 4.79 Å². The second-order valence-corrected chi connectivity index (χ2v) is 8.16. The number of para-hydroxylation sites is 1. The van der Waals surface area contributed by atoms with E-state index < -0.39 is 0 Å². The number of nitrogens with zero attached hydrogens (tertiary/aromatic N) is 4. The molecule has 1 aromatic heterocycles. The van der Waals surface area contributed by atoms with Crippen LogP contribution in [-0.2, 0) is 4.79 Å². The molecule has 3 rings (SSSR count). The first kappa shape index (κ1) is 19.9. The lowest BCUT2D eigenvalue weighted by molar-refractivity contribution is -0.119.